The third kappa shape index (κ3) is 6.05. The van der Waals surface area contributed by atoms with Crippen LogP contribution in [0.4, 0.5) is 5.69 Å². The van der Waals surface area contributed by atoms with Gasteiger partial charge < -0.3 is 15.0 Å². The first-order valence-electron chi connectivity index (χ1n) is 8.86. The highest BCUT2D eigenvalue weighted by Crippen LogP contribution is 2.16. The highest BCUT2D eigenvalue weighted by atomic mass is 16.6. The summed E-state index contributed by atoms with van der Waals surface area (Å²) in [7, 11) is 0. The largest absolute Gasteiger partial charge is 0.456 e. The molecule has 1 heterocycles. The van der Waals surface area contributed by atoms with Crippen LogP contribution in [0.3, 0.4) is 0 Å². The van der Waals surface area contributed by atoms with E-state index in [0.717, 1.165) is 19.3 Å². The van der Waals surface area contributed by atoms with Gasteiger partial charge in [-0.3, -0.25) is 24.5 Å². The predicted molar refractivity (Wildman–Crippen MR) is 96.0 cm³/mol. The molecule has 0 bridgehead atoms. The molecule has 2 rings (SSSR count). The second-order valence-corrected chi connectivity index (χ2v) is 6.40. The van der Waals surface area contributed by atoms with Gasteiger partial charge in [0.25, 0.3) is 17.5 Å². The Bertz CT molecular complexity index is 704. The topological polar surface area (TPSA) is 119 Å². The van der Waals surface area contributed by atoms with E-state index in [1.54, 1.807) is 4.90 Å². The molecule has 146 valence electrons. The van der Waals surface area contributed by atoms with Crippen molar-refractivity contribution in [3.63, 3.8) is 0 Å². The number of carbonyl (C=O) groups is 3. The summed E-state index contributed by atoms with van der Waals surface area (Å²) < 4.78 is 4.98. The number of carbonyl (C=O) groups excluding carboxylic acids is 3. The molecular weight excluding hydrogens is 354 g/mol. The molecule has 9 nitrogen and oxygen atoms in total. The average Bonchev–Trinajstić information content (AvgIpc) is 2.66. The van der Waals surface area contributed by atoms with Gasteiger partial charge in [-0.15, -0.1) is 0 Å². The lowest BCUT2D eigenvalue weighted by molar-refractivity contribution is -0.384. The number of benzene rings is 1. The van der Waals surface area contributed by atoms with Gasteiger partial charge >= 0.3 is 5.97 Å². The maximum absolute atomic E-state index is 12.1. The fourth-order valence-corrected chi connectivity index (χ4v) is 2.88. The quantitative estimate of drug-likeness (QED) is 0.438. The number of nitrogens with one attached hydrogen (secondary N) is 1. The zero-order valence-electron chi connectivity index (χ0n) is 15.2. The lowest BCUT2D eigenvalue weighted by Gasteiger charge is -2.33. The fraction of sp³-hybridized carbons (Fsp3) is 0.500. The Morgan fingerprint density at radius 2 is 1.96 bits per heavy atom. The third-order valence-electron chi connectivity index (χ3n) is 4.43. The van der Waals surface area contributed by atoms with Gasteiger partial charge in [0, 0.05) is 36.8 Å². The van der Waals surface area contributed by atoms with Gasteiger partial charge in [-0.2, -0.15) is 0 Å². The van der Waals surface area contributed by atoms with Crippen molar-refractivity contribution in [2.24, 2.45) is 0 Å². The second kappa shape index (κ2) is 9.65. The van der Waals surface area contributed by atoms with Crippen molar-refractivity contribution in [2.75, 3.05) is 19.7 Å². The minimum absolute atomic E-state index is 0.0446. The first-order chi connectivity index (χ1) is 12.9. The number of nitro benzene ring substituents is 1. The van der Waals surface area contributed by atoms with Crippen molar-refractivity contribution in [2.45, 2.75) is 38.6 Å². The van der Waals surface area contributed by atoms with Crippen LogP contribution in [-0.4, -0.2) is 53.3 Å². The molecule has 27 heavy (non-hydrogen) atoms. The minimum atomic E-state index is -0.572. The van der Waals surface area contributed by atoms with Crippen LogP contribution in [0.15, 0.2) is 24.3 Å². The smallest absolute Gasteiger partial charge is 0.308 e. The van der Waals surface area contributed by atoms with Gasteiger partial charge in [-0.05, 0) is 38.3 Å². The summed E-state index contributed by atoms with van der Waals surface area (Å²) in [5, 5.41) is 13.1. The molecule has 1 N–H and O–H groups in total. The molecule has 0 radical (unpaired) electrons. The van der Waals surface area contributed by atoms with E-state index in [4.69, 9.17) is 4.74 Å². The molecule has 0 unspecified atom stereocenters. The molecule has 2 amide bonds. The van der Waals surface area contributed by atoms with Crippen molar-refractivity contribution >= 4 is 23.5 Å². The first kappa shape index (κ1) is 20.3. The Hall–Kier alpha value is -2.97. The number of likely N-dealkylation sites (tertiary alicyclic amines) is 1. The molecule has 1 aromatic carbocycles. The molecule has 1 aliphatic rings. The van der Waals surface area contributed by atoms with Crippen molar-refractivity contribution in [1.82, 2.24) is 10.2 Å². The molecule has 1 aromatic rings. The van der Waals surface area contributed by atoms with Crippen LogP contribution >= 0.6 is 0 Å². The van der Waals surface area contributed by atoms with Crippen LogP contribution in [0.1, 0.15) is 43.0 Å². The minimum Gasteiger partial charge on any atom is -0.456 e. The van der Waals surface area contributed by atoms with E-state index < -0.39 is 16.8 Å². The van der Waals surface area contributed by atoms with Crippen LogP contribution < -0.4 is 5.32 Å². The normalized spacial score (nSPS) is 16.5. The Balaban J connectivity index is 1.68. The Morgan fingerprint density at radius 3 is 2.59 bits per heavy atom. The number of ether oxygens (including phenoxy) is 1. The fourth-order valence-electron chi connectivity index (χ4n) is 2.88. The van der Waals surface area contributed by atoms with Gasteiger partial charge in [0.2, 0.25) is 0 Å². The van der Waals surface area contributed by atoms with Gasteiger partial charge in [0.15, 0.2) is 6.61 Å². The summed E-state index contributed by atoms with van der Waals surface area (Å²) >= 11 is 0. The number of non-ortho nitro benzene ring substituents is 1. The molecule has 9 heteroatoms. The number of esters is 1. The van der Waals surface area contributed by atoms with Gasteiger partial charge in [-0.25, -0.2) is 0 Å². The van der Waals surface area contributed by atoms with E-state index in [1.807, 2.05) is 6.92 Å². The predicted octanol–water partition coefficient (Wildman–Crippen LogP) is 1.66. The van der Waals surface area contributed by atoms with E-state index in [9.17, 15) is 24.5 Å². The van der Waals surface area contributed by atoms with E-state index in [2.05, 4.69) is 5.32 Å². The van der Waals surface area contributed by atoms with Crippen molar-refractivity contribution < 1.29 is 24.0 Å². The third-order valence-corrected chi connectivity index (χ3v) is 4.43. The number of nitrogens with zero attached hydrogens (tertiary/aromatic N) is 2. The lowest BCUT2D eigenvalue weighted by Crippen LogP contribution is -2.44. The molecule has 0 aliphatic carbocycles. The van der Waals surface area contributed by atoms with E-state index in [-0.39, 0.29) is 42.8 Å². The van der Waals surface area contributed by atoms with Crippen LogP contribution in [0, 0.1) is 10.1 Å². The molecule has 0 aromatic heterocycles. The number of piperidine rings is 1. The van der Waals surface area contributed by atoms with Crippen molar-refractivity contribution in [3.05, 3.63) is 39.9 Å². The van der Waals surface area contributed by atoms with E-state index in [0.29, 0.717) is 6.54 Å². The Labute approximate surface area is 156 Å². The summed E-state index contributed by atoms with van der Waals surface area (Å²) in [5.74, 6) is -1.22. The lowest BCUT2D eigenvalue weighted by atomic mass is 10.0. The second-order valence-electron chi connectivity index (χ2n) is 6.40. The molecule has 1 fully saturated rings. The van der Waals surface area contributed by atoms with Crippen LogP contribution in [0.5, 0.6) is 0 Å². The van der Waals surface area contributed by atoms with Crippen molar-refractivity contribution in [1.29, 1.82) is 0 Å². The van der Waals surface area contributed by atoms with Crippen molar-refractivity contribution in [3.8, 4) is 0 Å². The summed E-state index contributed by atoms with van der Waals surface area (Å²) in [4.78, 5) is 47.5. The molecule has 0 spiro atoms. The number of hydrogen-bond acceptors (Lipinski definition) is 6. The van der Waals surface area contributed by atoms with Gasteiger partial charge in [0.1, 0.15) is 0 Å². The first-order valence-corrected chi connectivity index (χ1v) is 8.86. The van der Waals surface area contributed by atoms with Crippen LogP contribution in [-0.2, 0) is 14.3 Å². The van der Waals surface area contributed by atoms with Gasteiger partial charge in [-0.1, -0.05) is 0 Å². The summed E-state index contributed by atoms with van der Waals surface area (Å²) in [5.41, 5.74) is 0.144. The summed E-state index contributed by atoms with van der Waals surface area (Å²) in [6.45, 7) is 2.41. The highest BCUT2D eigenvalue weighted by molar-refractivity contribution is 5.94. The number of hydrogen-bond donors (Lipinski definition) is 1. The van der Waals surface area contributed by atoms with Crippen LogP contribution in [0.25, 0.3) is 0 Å². The number of amides is 2. The SMILES string of the molecule is C[C@H]1CCCCN1C(=O)COC(=O)CCNC(=O)c1ccc([N+](=O)[O-])cc1. The maximum atomic E-state index is 12.1. The zero-order chi connectivity index (χ0) is 19.8. The molecule has 1 aliphatic heterocycles. The summed E-state index contributed by atoms with van der Waals surface area (Å²) in [6.07, 6.45) is 2.94. The molecular formula is C18H23N3O6. The molecule has 1 atom stereocenters. The Morgan fingerprint density at radius 1 is 1.26 bits per heavy atom. The van der Waals surface area contributed by atoms with E-state index >= 15 is 0 Å². The molecule has 1 saturated heterocycles. The van der Waals surface area contributed by atoms with Gasteiger partial charge in [0.05, 0.1) is 11.3 Å². The average molecular weight is 377 g/mol. The monoisotopic (exact) mass is 377 g/mol. The van der Waals surface area contributed by atoms with E-state index in [1.165, 1.54) is 24.3 Å². The zero-order valence-corrected chi connectivity index (χ0v) is 15.2. The standard InChI is InChI=1S/C18H23N3O6/c1-13-4-2-3-11-20(13)16(22)12-27-17(23)9-10-19-18(24)14-5-7-15(8-6-14)21(25)26/h5-8,13H,2-4,9-12H2,1H3,(H,19,24)/t13-/m0/s1. The maximum Gasteiger partial charge on any atom is 0.308 e. The van der Waals surface area contributed by atoms with Crippen LogP contribution in [0.2, 0.25) is 0 Å². The molecule has 0 saturated carbocycles. The number of nitro groups is 1. The number of rotatable bonds is 7. The Kier molecular flexibility index (Phi) is 7.27. The summed E-state index contributed by atoms with van der Waals surface area (Å²) in [6, 6.07) is 5.30. The highest BCUT2D eigenvalue weighted by Gasteiger charge is 2.23.